The molecule has 0 saturated carbocycles. The molecule has 1 aliphatic heterocycles. The third-order valence-corrected chi connectivity index (χ3v) is 3.63. The topological polar surface area (TPSA) is 67.4 Å². The Hall–Kier alpha value is -2.82. The molecule has 2 amide bonds. The van der Waals surface area contributed by atoms with Crippen LogP contribution >= 0.6 is 0 Å². The Kier molecular flexibility index (Phi) is 3.33. The summed E-state index contributed by atoms with van der Waals surface area (Å²) in [6.07, 6.45) is 0. The van der Waals surface area contributed by atoms with E-state index in [-0.39, 0.29) is 0 Å². The van der Waals surface area contributed by atoms with Crippen molar-refractivity contribution in [3.63, 3.8) is 0 Å². The average Bonchev–Trinajstić information content (AvgIpc) is 2.50. The number of rotatable bonds is 2. The van der Waals surface area contributed by atoms with Crippen molar-refractivity contribution >= 4 is 23.2 Å². The zero-order chi connectivity index (χ0) is 15.7. The van der Waals surface area contributed by atoms with E-state index < -0.39 is 17.4 Å². The van der Waals surface area contributed by atoms with Crippen molar-refractivity contribution in [2.75, 3.05) is 10.6 Å². The molecule has 0 bridgehead atoms. The molecule has 2 aromatic rings. The molecule has 0 radical (unpaired) electrons. The number of anilines is 2. The summed E-state index contributed by atoms with van der Waals surface area (Å²) >= 11 is 0. The number of ether oxygens (including phenoxy) is 1. The van der Waals surface area contributed by atoms with E-state index in [1.54, 1.807) is 36.4 Å². The summed E-state index contributed by atoms with van der Waals surface area (Å²) in [5.74, 6) is -0.525. The molecule has 1 aliphatic rings. The van der Waals surface area contributed by atoms with Crippen molar-refractivity contribution in [1.29, 1.82) is 0 Å². The Bertz CT molecular complexity index is 740. The predicted molar refractivity (Wildman–Crippen MR) is 83.9 cm³/mol. The van der Waals surface area contributed by atoms with Crippen molar-refractivity contribution in [2.24, 2.45) is 0 Å². The van der Waals surface area contributed by atoms with Crippen LogP contribution in [0.2, 0.25) is 0 Å². The highest BCUT2D eigenvalue weighted by atomic mass is 16.5. The number of benzene rings is 2. The van der Waals surface area contributed by atoms with Gasteiger partial charge >= 0.3 is 0 Å². The normalized spacial score (nSPS) is 19.6. The van der Waals surface area contributed by atoms with E-state index in [0.717, 1.165) is 5.56 Å². The maximum Gasteiger partial charge on any atom is 0.278 e. The molecule has 2 N–H and O–H groups in total. The standard InChI is InChI=1S/C17H16N2O3/c1-11-7-9-12(10-8-11)18-15(20)17(2)16(21)19-13-5-3-4-6-14(13)22-17/h3-10H,1-2H3,(H,18,20)(H,19,21). The van der Waals surface area contributed by atoms with Gasteiger partial charge in [0.15, 0.2) is 0 Å². The first-order valence-electron chi connectivity index (χ1n) is 6.97. The fourth-order valence-corrected chi connectivity index (χ4v) is 2.20. The van der Waals surface area contributed by atoms with Gasteiger partial charge in [0.05, 0.1) is 5.69 Å². The van der Waals surface area contributed by atoms with Gasteiger partial charge in [0.25, 0.3) is 17.4 Å². The number of nitrogens with one attached hydrogen (secondary N) is 2. The number of carbonyl (C=O) groups is 2. The zero-order valence-corrected chi connectivity index (χ0v) is 12.3. The molecule has 0 fully saturated rings. The Morgan fingerprint density at radius 1 is 1.14 bits per heavy atom. The van der Waals surface area contributed by atoms with E-state index in [4.69, 9.17) is 4.74 Å². The quantitative estimate of drug-likeness (QED) is 0.837. The van der Waals surface area contributed by atoms with Gasteiger partial charge in [-0.2, -0.15) is 0 Å². The number of fused-ring (bicyclic) bond motifs is 1. The van der Waals surface area contributed by atoms with Crippen LogP contribution in [0.1, 0.15) is 12.5 Å². The molecule has 0 saturated heterocycles. The second-order valence-corrected chi connectivity index (χ2v) is 5.41. The molecule has 0 spiro atoms. The summed E-state index contributed by atoms with van der Waals surface area (Å²) in [5, 5.41) is 5.42. The lowest BCUT2D eigenvalue weighted by atomic mass is 10.0. The smallest absolute Gasteiger partial charge is 0.278 e. The summed E-state index contributed by atoms with van der Waals surface area (Å²) < 4.78 is 5.67. The molecule has 5 heteroatoms. The van der Waals surface area contributed by atoms with Gasteiger partial charge in [-0.1, -0.05) is 29.8 Å². The highest BCUT2D eigenvalue weighted by Crippen LogP contribution is 2.33. The van der Waals surface area contributed by atoms with Crippen LogP contribution in [0.15, 0.2) is 48.5 Å². The van der Waals surface area contributed by atoms with E-state index in [2.05, 4.69) is 10.6 Å². The van der Waals surface area contributed by atoms with E-state index >= 15 is 0 Å². The number of hydrogen-bond donors (Lipinski definition) is 2. The van der Waals surface area contributed by atoms with Gasteiger partial charge in [-0.05, 0) is 38.1 Å². The predicted octanol–water partition coefficient (Wildman–Crippen LogP) is 2.72. The summed E-state index contributed by atoms with van der Waals surface area (Å²) in [4.78, 5) is 24.8. The maximum atomic E-state index is 12.5. The molecule has 5 nitrogen and oxygen atoms in total. The highest BCUT2D eigenvalue weighted by Gasteiger charge is 2.47. The van der Waals surface area contributed by atoms with Gasteiger partial charge in [0, 0.05) is 5.69 Å². The molecule has 0 aliphatic carbocycles. The van der Waals surface area contributed by atoms with Crippen molar-refractivity contribution in [1.82, 2.24) is 0 Å². The van der Waals surface area contributed by atoms with Crippen LogP contribution in [0.4, 0.5) is 11.4 Å². The van der Waals surface area contributed by atoms with Gasteiger partial charge in [-0.3, -0.25) is 9.59 Å². The van der Waals surface area contributed by atoms with Gasteiger partial charge < -0.3 is 15.4 Å². The van der Waals surface area contributed by atoms with Crippen molar-refractivity contribution < 1.29 is 14.3 Å². The van der Waals surface area contributed by atoms with E-state index in [9.17, 15) is 9.59 Å². The summed E-state index contributed by atoms with van der Waals surface area (Å²) in [6, 6.07) is 14.4. The minimum Gasteiger partial charge on any atom is -0.466 e. The lowest BCUT2D eigenvalue weighted by Crippen LogP contribution is -2.56. The number of para-hydroxylation sites is 2. The Labute approximate surface area is 128 Å². The van der Waals surface area contributed by atoms with Crippen molar-refractivity contribution in [2.45, 2.75) is 19.4 Å². The minimum atomic E-state index is -1.61. The second kappa shape index (κ2) is 5.18. The molecule has 2 aromatic carbocycles. The molecule has 1 unspecified atom stereocenters. The first-order valence-corrected chi connectivity index (χ1v) is 6.97. The molecular weight excluding hydrogens is 280 g/mol. The SMILES string of the molecule is Cc1ccc(NC(=O)C2(C)Oc3ccccc3NC2=O)cc1. The van der Waals surface area contributed by atoms with E-state index in [1.165, 1.54) is 6.92 Å². The molecule has 1 atom stereocenters. The second-order valence-electron chi connectivity index (χ2n) is 5.41. The number of carbonyl (C=O) groups excluding carboxylic acids is 2. The monoisotopic (exact) mass is 296 g/mol. The zero-order valence-electron chi connectivity index (χ0n) is 12.3. The van der Waals surface area contributed by atoms with Crippen LogP contribution in [-0.4, -0.2) is 17.4 Å². The Balaban J connectivity index is 1.85. The van der Waals surface area contributed by atoms with Crippen molar-refractivity contribution in [3.05, 3.63) is 54.1 Å². The van der Waals surface area contributed by atoms with Crippen LogP contribution in [0, 0.1) is 6.92 Å². The summed E-state index contributed by atoms with van der Waals surface area (Å²) in [6.45, 7) is 3.42. The van der Waals surface area contributed by atoms with Gasteiger partial charge in [-0.25, -0.2) is 0 Å². The third-order valence-electron chi connectivity index (χ3n) is 3.63. The Morgan fingerprint density at radius 3 is 2.55 bits per heavy atom. The van der Waals surface area contributed by atoms with Crippen LogP contribution in [-0.2, 0) is 9.59 Å². The maximum absolute atomic E-state index is 12.5. The van der Waals surface area contributed by atoms with Gasteiger partial charge in [0.1, 0.15) is 5.75 Å². The largest absolute Gasteiger partial charge is 0.466 e. The third kappa shape index (κ3) is 2.41. The molecule has 1 heterocycles. The summed E-state index contributed by atoms with van der Waals surface area (Å²) in [7, 11) is 0. The first-order chi connectivity index (χ1) is 10.5. The van der Waals surface area contributed by atoms with Crippen LogP contribution in [0.3, 0.4) is 0 Å². The van der Waals surface area contributed by atoms with E-state index in [1.807, 2.05) is 19.1 Å². The number of aryl methyl sites for hydroxylation is 1. The average molecular weight is 296 g/mol. The fourth-order valence-electron chi connectivity index (χ4n) is 2.20. The first kappa shape index (κ1) is 14.1. The Morgan fingerprint density at radius 2 is 1.82 bits per heavy atom. The lowest BCUT2D eigenvalue weighted by molar-refractivity contribution is -0.143. The molecule has 0 aromatic heterocycles. The van der Waals surface area contributed by atoms with Gasteiger partial charge in [0.2, 0.25) is 0 Å². The minimum absolute atomic E-state index is 0.476. The summed E-state index contributed by atoms with van der Waals surface area (Å²) in [5.41, 5.74) is 0.657. The number of hydrogen-bond acceptors (Lipinski definition) is 3. The van der Waals surface area contributed by atoms with Crippen molar-refractivity contribution in [3.8, 4) is 5.75 Å². The number of amides is 2. The van der Waals surface area contributed by atoms with Crippen LogP contribution < -0.4 is 15.4 Å². The molecular formula is C17H16N2O3. The van der Waals surface area contributed by atoms with E-state index in [0.29, 0.717) is 17.1 Å². The van der Waals surface area contributed by atoms with Crippen LogP contribution in [0.25, 0.3) is 0 Å². The van der Waals surface area contributed by atoms with Crippen LogP contribution in [0.5, 0.6) is 5.75 Å². The van der Waals surface area contributed by atoms with Gasteiger partial charge in [-0.15, -0.1) is 0 Å². The molecule has 112 valence electrons. The molecule has 22 heavy (non-hydrogen) atoms. The fraction of sp³-hybridized carbons (Fsp3) is 0.176. The highest BCUT2D eigenvalue weighted by molar-refractivity contribution is 6.18. The lowest BCUT2D eigenvalue weighted by Gasteiger charge is -2.33. The molecule has 3 rings (SSSR count).